The second kappa shape index (κ2) is 3.17. The average Bonchev–Trinajstić information content (AvgIpc) is 2.98. The highest BCUT2D eigenvalue weighted by molar-refractivity contribution is 5.28. The van der Waals surface area contributed by atoms with Gasteiger partial charge >= 0.3 is 0 Å². The Morgan fingerprint density at radius 2 is 2.00 bits per heavy atom. The van der Waals surface area contributed by atoms with E-state index in [0.717, 1.165) is 12.8 Å². The van der Waals surface area contributed by atoms with Gasteiger partial charge in [0, 0.05) is 17.8 Å². The zero-order valence-electron chi connectivity index (χ0n) is 9.32. The van der Waals surface area contributed by atoms with Crippen molar-refractivity contribution in [3.05, 3.63) is 18.1 Å². The van der Waals surface area contributed by atoms with Gasteiger partial charge in [-0.1, -0.05) is 6.92 Å². The third kappa shape index (κ3) is 1.49. The minimum Gasteiger partial charge on any atom is -0.480 e. The molecule has 1 unspecified atom stereocenters. The Balaban J connectivity index is 2.44. The molecule has 0 aliphatic heterocycles. The van der Waals surface area contributed by atoms with Crippen molar-refractivity contribution in [2.45, 2.75) is 32.3 Å². The molecule has 0 saturated heterocycles. The SMILES string of the molecule is COc1nccnc1C(C)(O)C1(C)CC1. The molecule has 1 aromatic rings. The van der Waals surface area contributed by atoms with Gasteiger partial charge in [-0.2, -0.15) is 0 Å². The number of aromatic nitrogens is 2. The summed E-state index contributed by atoms with van der Waals surface area (Å²) in [5.41, 5.74) is -0.518. The van der Waals surface area contributed by atoms with Gasteiger partial charge in [0.2, 0.25) is 5.88 Å². The van der Waals surface area contributed by atoms with E-state index in [9.17, 15) is 5.11 Å². The monoisotopic (exact) mass is 208 g/mol. The van der Waals surface area contributed by atoms with Crippen LogP contribution in [0.5, 0.6) is 5.88 Å². The molecule has 0 amide bonds. The van der Waals surface area contributed by atoms with E-state index < -0.39 is 5.60 Å². The van der Waals surface area contributed by atoms with Crippen LogP contribution in [-0.4, -0.2) is 22.2 Å². The molecule has 0 aromatic carbocycles. The number of aliphatic hydroxyl groups is 1. The average molecular weight is 208 g/mol. The van der Waals surface area contributed by atoms with Crippen molar-refractivity contribution in [3.8, 4) is 5.88 Å². The summed E-state index contributed by atoms with van der Waals surface area (Å²) in [7, 11) is 1.54. The van der Waals surface area contributed by atoms with Gasteiger partial charge in [0.25, 0.3) is 0 Å². The second-order valence-corrected chi connectivity index (χ2v) is 4.55. The Morgan fingerprint density at radius 3 is 2.53 bits per heavy atom. The molecule has 2 rings (SSSR count). The third-order valence-electron chi connectivity index (χ3n) is 3.49. The molecule has 1 N–H and O–H groups in total. The maximum absolute atomic E-state index is 10.5. The van der Waals surface area contributed by atoms with Crippen LogP contribution in [0.25, 0.3) is 0 Å². The zero-order chi connectivity index (χ0) is 11.1. The summed E-state index contributed by atoms with van der Waals surface area (Å²) < 4.78 is 5.12. The lowest BCUT2D eigenvalue weighted by Crippen LogP contribution is -2.33. The van der Waals surface area contributed by atoms with Gasteiger partial charge in [-0.05, 0) is 19.8 Å². The van der Waals surface area contributed by atoms with Crippen molar-refractivity contribution in [2.24, 2.45) is 5.41 Å². The molecule has 1 fully saturated rings. The van der Waals surface area contributed by atoms with Crippen molar-refractivity contribution < 1.29 is 9.84 Å². The third-order valence-corrected chi connectivity index (χ3v) is 3.49. The highest BCUT2D eigenvalue weighted by atomic mass is 16.5. The molecular weight excluding hydrogens is 192 g/mol. The molecule has 82 valence electrons. The van der Waals surface area contributed by atoms with Crippen LogP contribution in [-0.2, 0) is 5.60 Å². The number of nitrogens with zero attached hydrogens (tertiary/aromatic N) is 2. The highest BCUT2D eigenvalue weighted by Crippen LogP contribution is 2.58. The molecule has 1 aliphatic rings. The van der Waals surface area contributed by atoms with Gasteiger partial charge in [0.05, 0.1) is 7.11 Å². The van der Waals surface area contributed by atoms with Crippen LogP contribution in [0.2, 0.25) is 0 Å². The Bertz CT molecular complexity index is 373. The topological polar surface area (TPSA) is 55.2 Å². The fourth-order valence-corrected chi connectivity index (χ4v) is 1.77. The second-order valence-electron chi connectivity index (χ2n) is 4.55. The van der Waals surface area contributed by atoms with E-state index in [1.54, 1.807) is 26.4 Å². The van der Waals surface area contributed by atoms with Crippen LogP contribution in [0.3, 0.4) is 0 Å². The van der Waals surface area contributed by atoms with Gasteiger partial charge in [0.1, 0.15) is 11.3 Å². The fourth-order valence-electron chi connectivity index (χ4n) is 1.77. The summed E-state index contributed by atoms with van der Waals surface area (Å²) >= 11 is 0. The number of methoxy groups -OCH3 is 1. The van der Waals surface area contributed by atoms with Crippen molar-refractivity contribution in [3.63, 3.8) is 0 Å². The van der Waals surface area contributed by atoms with Crippen molar-refractivity contribution in [1.82, 2.24) is 9.97 Å². The molecule has 1 atom stereocenters. The molecule has 1 saturated carbocycles. The molecule has 15 heavy (non-hydrogen) atoms. The van der Waals surface area contributed by atoms with E-state index in [1.807, 2.05) is 0 Å². The molecule has 1 heterocycles. The minimum absolute atomic E-state index is 0.0870. The van der Waals surface area contributed by atoms with E-state index >= 15 is 0 Å². The maximum Gasteiger partial charge on any atom is 0.238 e. The van der Waals surface area contributed by atoms with Crippen molar-refractivity contribution in [2.75, 3.05) is 7.11 Å². The van der Waals surface area contributed by atoms with Crippen LogP contribution in [0.4, 0.5) is 0 Å². The van der Waals surface area contributed by atoms with E-state index in [-0.39, 0.29) is 5.41 Å². The Kier molecular flexibility index (Phi) is 2.19. The smallest absolute Gasteiger partial charge is 0.238 e. The van der Waals surface area contributed by atoms with Crippen LogP contribution >= 0.6 is 0 Å². The molecular formula is C11H16N2O2. The summed E-state index contributed by atoms with van der Waals surface area (Å²) in [6.45, 7) is 3.84. The first-order valence-corrected chi connectivity index (χ1v) is 5.09. The van der Waals surface area contributed by atoms with Crippen LogP contribution in [0, 0.1) is 5.41 Å². The lowest BCUT2D eigenvalue weighted by atomic mass is 9.84. The van der Waals surface area contributed by atoms with E-state index in [2.05, 4.69) is 16.9 Å². The summed E-state index contributed by atoms with van der Waals surface area (Å²) in [5, 5.41) is 10.5. The largest absolute Gasteiger partial charge is 0.480 e. The van der Waals surface area contributed by atoms with E-state index in [4.69, 9.17) is 4.74 Å². The van der Waals surface area contributed by atoms with Crippen LogP contribution in [0.15, 0.2) is 12.4 Å². The summed E-state index contributed by atoms with van der Waals surface area (Å²) in [5.74, 6) is 0.413. The predicted octanol–water partition coefficient (Wildman–Crippen LogP) is 1.49. The molecule has 0 bridgehead atoms. The normalized spacial score (nSPS) is 21.9. The lowest BCUT2D eigenvalue weighted by Gasteiger charge is -2.30. The van der Waals surface area contributed by atoms with Crippen molar-refractivity contribution >= 4 is 0 Å². The lowest BCUT2D eigenvalue weighted by molar-refractivity contribution is -0.0192. The Hall–Kier alpha value is -1.16. The zero-order valence-corrected chi connectivity index (χ0v) is 9.32. The number of rotatable bonds is 3. The quantitative estimate of drug-likeness (QED) is 0.817. The van der Waals surface area contributed by atoms with Gasteiger partial charge in [-0.25, -0.2) is 4.98 Å². The van der Waals surface area contributed by atoms with Gasteiger partial charge < -0.3 is 9.84 Å². The molecule has 1 aromatic heterocycles. The molecule has 1 aliphatic carbocycles. The van der Waals surface area contributed by atoms with E-state index in [0.29, 0.717) is 11.6 Å². The molecule has 4 nitrogen and oxygen atoms in total. The van der Waals surface area contributed by atoms with E-state index in [1.165, 1.54) is 0 Å². The standard InChI is InChI=1S/C11H16N2O2/c1-10(4-5-10)11(2,14)8-9(15-3)13-7-6-12-8/h6-7,14H,4-5H2,1-3H3. The number of ether oxygens (including phenoxy) is 1. The van der Waals surface area contributed by atoms with Gasteiger partial charge in [-0.15, -0.1) is 0 Å². The number of hydrogen-bond acceptors (Lipinski definition) is 4. The fraction of sp³-hybridized carbons (Fsp3) is 0.636. The number of hydrogen-bond donors (Lipinski definition) is 1. The van der Waals surface area contributed by atoms with Crippen molar-refractivity contribution in [1.29, 1.82) is 0 Å². The molecule has 4 heteroatoms. The maximum atomic E-state index is 10.5. The van der Waals surface area contributed by atoms with Gasteiger partial charge in [-0.3, -0.25) is 4.98 Å². The molecule has 0 spiro atoms. The minimum atomic E-state index is -0.966. The first-order chi connectivity index (χ1) is 7.01. The summed E-state index contributed by atoms with van der Waals surface area (Å²) in [6, 6.07) is 0. The van der Waals surface area contributed by atoms with Crippen LogP contribution < -0.4 is 4.74 Å². The van der Waals surface area contributed by atoms with Crippen LogP contribution in [0.1, 0.15) is 32.4 Å². The first-order valence-electron chi connectivity index (χ1n) is 5.09. The highest BCUT2D eigenvalue weighted by Gasteiger charge is 2.55. The Morgan fingerprint density at radius 1 is 1.40 bits per heavy atom. The first kappa shape index (κ1) is 10.4. The summed E-state index contributed by atoms with van der Waals surface area (Å²) in [4.78, 5) is 8.25. The Labute approximate surface area is 89.3 Å². The predicted molar refractivity (Wildman–Crippen MR) is 55.5 cm³/mol. The molecule has 0 radical (unpaired) electrons. The van der Waals surface area contributed by atoms with Gasteiger partial charge in [0.15, 0.2) is 0 Å². The summed E-state index contributed by atoms with van der Waals surface area (Å²) in [6.07, 6.45) is 5.17.